The van der Waals surface area contributed by atoms with Crippen molar-refractivity contribution in [1.29, 1.82) is 0 Å². The molecular weight excluding hydrogens is 289 g/mol. The third kappa shape index (κ3) is 2.68. The summed E-state index contributed by atoms with van der Waals surface area (Å²) >= 11 is 3.14. The van der Waals surface area contributed by atoms with Gasteiger partial charge in [-0.15, -0.1) is 0 Å². The van der Waals surface area contributed by atoms with Gasteiger partial charge in [0, 0.05) is 5.56 Å². The molecule has 0 saturated carbocycles. The maximum atomic E-state index is 12.8. The number of carboxylic acids is 1. The number of pyridine rings is 1. The highest BCUT2D eigenvalue weighted by atomic mass is 79.9. The first-order valence-electron chi connectivity index (χ1n) is 4.73. The quantitative estimate of drug-likeness (QED) is 0.865. The van der Waals surface area contributed by atoms with Crippen LogP contribution in [0.25, 0.3) is 11.3 Å². The number of aromatic carboxylic acids is 1. The molecule has 0 unspecified atom stereocenters. The van der Waals surface area contributed by atoms with Gasteiger partial charge in [0.05, 0.1) is 11.3 Å². The number of hydrogen-bond donors (Lipinski definition) is 1. The first-order chi connectivity index (χ1) is 8.06. The SMILES string of the molecule is O=C(O)c1cc(Br)nc(-c2ccc(F)cc2)c1. The number of halogens is 2. The number of benzene rings is 1. The summed E-state index contributed by atoms with van der Waals surface area (Å²) in [7, 11) is 0. The van der Waals surface area contributed by atoms with E-state index in [0.717, 1.165) is 0 Å². The van der Waals surface area contributed by atoms with Crippen molar-refractivity contribution in [2.24, 2.45) is 0 Å². The molecule has 0 atom stereocenters. The summed E-state index contributed by atoms with van der Waals surface area (Å²) in [4.78, 5) is 15.0. The molecule has 1 aromatic carbocycles. The van der Waals surface area contributed by atoms with Crippen LogP contribution >= 0.6 is 15.9 Å². The van der Waals surface area contributed by atoms with Gasteiger partial charge in [-0.3, -0.25) is 0 Å². The van der Waals surface area contributed by atoms with Gasteiger partial charge in [0.15, 0.2) is 0 Å². The number of hydrogen-bond acceptors (Lipinski definition) is 2. The van der Waals surface area contributed by atoms with E-state index in [4.69, 9.17) is 5.11 Å². The predicted octanol–water partition coefficient (Wildman–Crippen LogP) is 3.35. The van der Waals surface area contributed by atoms with Gasteiger partial charge in [-0.2, -0.15) is 0 Å². The third-order valence-electron chi connectivity index (χ3n) is 2.18. The Hall–Kier alpha value is -1.75. The van der Waals surface area contributed by atoms with Crippen molar-refractivity contribution in [3.05, 3.63) is 52.4 Å². The molecule has 86 valence electrons. The average molecular weight is 296 g/mol. The van der Waals surface area contributed by atoms with Crippen molar-refractivity contribution in [2.45, 2.75) is 0 Å². The van der Waals surface area contributed by atoms with E-state index in [-0.39, 0.29) is 11.4 Å². The van der Waals surface area contributed by atoms with E-state index in [9.17, 15) is 9.18 Å². The Labute approximate surface area is 105 Å². The van der Waals surface area contributed by atoms with Gasteiger partial charge in [0.1, 0.15) is 10.4 Å². The van der Waals surface area contributed by atoms with Gasteiger partial charge in [0.25, 0.3) is 0 Å². The van der Waals surface area contributed by atoms with Gasteiger partial charge < -0.3 is 5.11 Å². The number of carboxylic acid groups (broad SMARTS) is 1. The molecule has 0 radical (unpaired) electrons. The predicted molar refractivity (Wildman–Crippen MR) is 64.3 cm³/mol. The van der Waals surface area contributed by atoms with Crippen LogP contribution < -0.4 is 0 Å². The molecule has 3 nitrogen and oxygen atoms in total. The maximum absolute atomic E-state index is 12.8. The molecule has 0 amide bonds. The zero-order chi connectivity index (χ0) is 12.4. The minimum Gasteiger partial charge on any atom is -0.478 e. The van der Waals surface area contributed by atoms with Gasteiger partial charge in [-0.1, -0.05) is 0 Å². The van der Waals surface area contributed by atoms with E-state index in [1.54, 1.807) is 12.1 Å². The molecule has 1 aromatic heterocycles. The van der Waals surface area contributed by atoms with Crippen LogP contribution in [0.4, 0.5) is 4.39 Å². The lowest BCUT2D eigenvalue weighted by atomic mass is 10.1. The Morgan fingerprint density at radius 3 is 2.47 bits per heavy atom. The molecule has 0 bridgehead atoms. The highest BCUT2D eigenvalue weighted by molar-refractivity contribution is 9.10. The van der Waals surface area contributed by atoms with E-state index in [1.807, 2.05) is 0 Å². The van der Waals surface area contributed by atoms with Gasteiger partial charge in [0.2, 0.25) is 0 Å². The van der Waals surface area contributed by atoms with Crippen molar-refractivity contribution < 1.29 is 14.3 Å². The van der Waals surface area contributed by atoms with Crippen LogP contribution in [-0.2, 0) is 0 Å². The molecular formula is C12H7BrFNO2. The number of nitrogens with zero attached hydrogens (tertiary/aromatic N) is 1. The van der Waals surface area contributed by atoms with Crippen LogP contribution in [-0.4, -0.2) is 16.1 Å². The Balaban J connectivity index is 2.51. The van der Waals surface area contributed by atoms with Crippen molar-refractivity contribution in [3.8, 4) is 11.3 Å². The van der Waals surface area contributed by atoms with Crippen LogP contribution in [0.5, 0.6) is 0 Å². The van der Waals surface area contributed by atoms with E-state index in [2.05, 4.69) is 20.9 Å². The topological polar surface area (TPSA) is 50.2 Å². The molecule has 0 aliphatic heterocycles. The number of carbonyl (C=O) groups is 1. The monoisotopic (exact) mass is 295 g/mol. The standard InChI is InChI=1S/C12H7BrFNO2/c13-11-6-8(12(16)17)5-10(15-11)7-1-3-9(14)4-2-7/h1-6H,(H,16,17). The maximum Gasteiger partial charge on any atom is 0.335 e. The molecule has 1 N–H and O–H groups in total. The lowest BCUT2D eigenvalue weighted by molar-refractivity contribution is 0.0696. The molecule has 0 aliphatic rings. The van der Waals surface area contributed by atoms with Crippen LogP contribution in [0.15, 0.2) is 41.0 Å². The third-order valence-corrected chi connectivity index (χ3v) is 2.59. The summed E-state index contributed by atoms with van der Waals surface area (Å²) in [6, 6.07) is 8.57. The molecule has 0 spiro atoms. The first kappa shape index (κ1) is 11.7. The fourth-order valence-electron chi connectivity index (χ4n) is 1.39. The number of aromatic nitrogens is 1. The summed E-state index contributed by atoms with van der Waals surface area (Å²) in [5, 5.41) is 8.92. The normalized spacial score (nSPS) is 10.2. The largest absolute Gasteiger partial charge is 0.478 e. The molecule has 5 heteroatoms. The van der Waals surface area contributed by atoms with Gasteiger partial charge in [-0.05, 0) is 52.3 Å². The van der Waals surface area contributed by atoms with Crippen molar-refractivity contribution in [2.75, 3.05) is 0 Å². The number of rotatable bonds is 2. The van der Waals surface area contributed by atoms with Crippen LogP contribution in [0.1, 0.15) is 10.4 Å². The molecule has 2 rings (SSSR count). The summed E-state index contributed by atoms with van der Waals surface area (Å²) in [5.41, 5.74) is 1.28. The fraction of sp³-hybridized carbons (Fsp3) is 0. The lowest BCUT2D eigenvalue weighted by Gasteiger charge is -2.03. The summed E-state index contributed by atoms with van der Waals surface area (Å²) < 4.78 is 13.2. The first-order valence-corrected chi connectivity index (χ1v) is 5.52. The molecule has 0 aliphatic carbocycles. The molecule has 0 fully saturated rings. The van der Waals surface area contributed by atoms with E-state index in [1.165, 1.54) is 24.3 Å². The molecule has 17 heavy (non-hydrogen) atoms. The van der Waals surface area contributed by atoms with Crippen LogP contribution in [0.3, 0.4) is 0 Å². The van der Waals surface area contributed by atoms with Crippen LogP contribution in [0.2, 0.25) is 0 Å². The van der Waals surface area contributed by atoms with Crippen molar-refractivity contribution >= 4 is 21.9 Å². The minimum atomic E-state index is -1.03. The highest BCUT2D eigenvalue weighted by Crippen LogP contribution is 2.21. The molecule has 1 heterocycles. The van der Waals surface area contributed by atoms with Gasteiger partial charge in [-0.25, -0.2) is 14.2 Å². The van der Waals surface area contributed by atoms with Gasteiger partial charge >= 0.3 is 5.97 Å². The molecule has 0 saturated heterocycles. The Kier molecular flexibility index (Phi) is 3.19. The van der Waals surface area contributed by atoms with E-state index in [0.29, 0.717) is 15.9 Å². The van der Waals surface area contributed by atoms with E-state index >= 15 is 0 Å². The molecule has 2 aromatic rings. The zero-order valence-corrected chi connectivity index (χ0v) is 10.1. The summed E-state index contributed by atoms with van der Waals surface area (Å²) in [6.45, 7) is 0. The van der Waals surface area contributed by atoms with E-state index < -0.39 is 5.97 Å². The van der Waals surface area contributed by atoms with Crippen molar-refractivity contribution in [3.63, 3.8) is 0 Å². The Morgan fingerprint density at radius 1 is 1.24 bits per heavy atom. The fourth-order valence-corrected chi connectivity index (χ4v) is 1.83. The highest BCUT2D eigenvalue weighted by Gasteiger charge is 2.08. The second-order valence-corrected chi connectivity index (χ2v) is 4.19. The van der Waals surface area contributed by atoms with Crippen molar-refractivity contribution in [1.82, 2.24) is 4.98 Å². The lowest BCUT2D eigenvalue weighted by Crippen LogP contribution is -1.98. The summed E-state index contributed by atoms with van der Waals surface area (Å²) in [6.07, 6.45) is 0. The second kappa shape index (κ2) is 4.63. The Bertz CT molecular complexity index is 569. The smallest absolute Gasteiger partial charge is 0.335 e. The zero-order valence-electron chi connectivity index (χ0n) is 8.52. The summed E-state index contributed by atoms with van der Waals surface area (Å²) in [5.74, 6) is -1.38. The van der Waals surface area contributed by atoms with Crippen LogP contribution in [0, 0.1) is 5.82 Å². The minimum absolute atomic E-state index is 0.131. The average Bonchev–Trinajstić information content (AvgIpc) is 2.29. The second-order valence-electron chi connectivity index (χ2n) is 3.38. The Morgan fingerprint density at radius 2 is 1.88 bits per heavy atom.